The fourth-order valence-electron chi connectivity index (χ4n) is 1.89. The van der Waals surface area contributed by atoms with Crippen LogP contribution < -0.4 is 0 Å². The highest BCUT2D eigenvalue weighted by atomic mass is 16.6. The summed E-state index contributed by atoms with van der Waals surface area (Å²) in [4.78, 5) is 24.2. The van der Waals surface area contributed by atoms with Gasteiger partial charge in [0, 0.05) is 24.2 Å². The zero-order valence-electron chi connectivity index (χ0n) is 11.6. The number of hydrogen-bond acceptors (Lipinski definition) is 4. The Morgan fingerprint density at radius 1 is 1.32 bits per heavy atom. The van der Waals surface area contributed by atoms with E-state index in [9.17, 15) is 14.9 Å². The van der Waals surface area contributed by atoms with Gasteiger partial charge in [0.25, 0.3) is 5.69 Å². The van der Waals surface area contributed by atoms with Gasteiger partial charge in [-0.15, -0.1) is 0 Å². The molecule has 1 aromatic carbocycles. The molecular formula is C14H20N2O3. The molecule has 0 heterocycles. The molecule has 0 atom stereocenters. The molecule has 1 rings (SSSR count). The van der Waals surface area contributed by atoms with Crippen LogP contribution in [0.3, 0.4) is 0 Å². The summed E-state index contributed by atoms with van der Waals surface area (Å²) in [7, 11) is 0. The predicted molar refractivity (Wildman–Crippen MR) is 74.4 cm³/mol. The van der Waals surface area contributed by atoms with Crippen molar-refractivity contribution in [2.45, 2.75) is 20.8 Å². The summed E-state index contributed by atoms with van der Waals surface area (Å²) in [6.45, 7) is 8.28. The van der Waals surface area contributed by atoms with Gasteiger partial charge in [-0.1, -0.05) is 20.8 Å². The molecule has 0 saturated heterocycles. The van der Waals surface area contributed by atoms with Gasteiger partial charge < -0.3 is 0 Å². The van der Waals surface area contributed by atoms with E-state index < -0.39 is 4.92 Å². The molecule has 0 saturated carbocycles. The van der Waals surface area contributed by atoms with Gasteiger partial charge in [-0.2, -0.15) is 0 Å². The second kappa shape index (κ2) is 6.99. The standard InChI is InChI=1S/C14H20N2O3/c1-4-15(9-11(2)3)10-14(17)12-5-7-13(8-6-12)16(18)19/h5-8,11H,4,9-10H2,1-3H3. The molecule has 0 aliphatic rings. The molecule has 0 fully saturated rings. The zero-order valence-corrected chi connectivity index (χ0v) is 11.6. The van der Waals surface area contributed by atoms with Crippen LogP contribution in [0.5, 0.6) is 0 Å². The number of carbonyl (C=O) groups excluding carboxylic acids is 1. The first kappa shape index (κ1) is 15.3. The van der Waals surface area contributed by atoms with Crippen molar-refractivity contribution < 1.29 is 9.72 Å². The van der Waals surface area contributed by atoms with Crippen molar-refractivity contribution in [1.82, 2.24) is 4.90 Å². The summed E-state index contributed by atoms with van der Waals surface area (Å²) in [6, 6.07) is 5.77. The largest absolute Gasteiger partial charge is 0.296 e. The summed E-state index contributed by atoms with van der Waals surface area (Å²) in [5, 5.41) is 10.5. The number of non-ortho nitro benzene ring substituents is 1. The minimum Gasteiger partial charge on any atom is -0.296 e. The number of benzene rings is 1. The maximum atomic E-state index is 12.1. The van der Waals surface area contributed by atoms with Gasteiger partial charge in [0.15, 0.2) is 5.78 Å². The van der Waals surface area contributed by atoms with Crippen LogP contribution in [0.15, 0.2) is 24.3 Å². The molecule has 104 valence electrons. The molecule has 5 nitrogen and oxygen atoms in total. The van der Waals surface area contributed by atoms with E-state index in [2.05, 4.69) is 18.7 Å². The Hall–Kier alpha value is -1.75. The predicted octanol–water partition coefficient (Wildman–Crippen LogP) is 2.76. The molecule has 5 heteroatoms. The molecule has 0 spiro atoms. The Balaban J connectivity index is 2.69. The highest BCUT2D eigenvalue weighted by molar-refractivity contribution is 5.97. The van der Waals surface area contributed by atoms with Crippen molar-refractivity contribution in [3.05, 3.63) is 39.9 Å². The van der Waals surface area contributed by atoms with Gasteiger partial charge in [0.2, 0.25) is 0 Å². The first-order chi connectivity index (χ1) is 8.93. The number of Topliss-reactive ketones (excluding diaryl/α,β-unsaturated/α-hetero) is 1. The Morgan fingerprint density at radius 2 is 1.89 bits per heavy atom. The summed E-state index contributed by atoms with van der Waals surface area (Å²) < 4.78 is 0. The quantitative estimate of drug-likeness (QED) is 0.431. The minimum absolute atomic E-state index is 0.00241. The van der Waals surface area contributed by atoms with Crippen LogP contribution in [-0.2, 0) is 0 Å². The van der Waals surface area contributed by atoms with Crippen molar-refractivity contribution in [3.8, 4) is 0 Å². The third-order valence-electron chi connectivity index (χ3n) is 2.84. The number of likely N-dealkylation sites (N-methyl/N-ethyl adjacent to an activating group) is 1. The fraction of sp³-hybridized carbons (Fsp3) is 0.500. The van der Waals surface area contributed by atoms with Crippen LogP contribution in [0.4, 0.5) is 5.69 Å². The average Bonchev–Trinajstić information content (AvgIpc) is 2.37. The second-order valence-corrected chi connectivity index (χ2v) is 4.95. The lowest BCUT2D eigenvalue weighted by Gasteiger charge is -2.21. The van der Waals surface area contributed by atoms with Crippen LogP contribution in [0, 0.1) is 16.0 Å². The normalized spacial score (nSPS) is 11.0. The van der Waals surface area contributed by atoms with Crippen LogP contribution in [-0.4, -0.2) is 35.2 Å². The maximum Gasteiger partial charge on any atom is 0.269 e. The molecule has 0 radical (unpaired) electrons. The van der Waals surface area contributed by atoms with E-state index in [1.54, 1.807) is 0 Å². The molecular weight excluding hydrogens is 244 g/mol. The van der Waals surface area contributed by atoms with E-state index >= 15 is 0 Å². The highest BCUT2D eigenvalue weighted by Gasteiger charge is 2.13. The van der Waals surface area contributed by atoms with Crippen molar-refractivity contribution in [2.24, 2.45) is 5.92 Å². The van der Waals surface area contributed by atoms with E-state index in [-0.39, 0.29) is 11.5 Å². The molecule has 0 aliphatic heterocycles. The van der Waals surface area contributed by atoms with Gasteiger partial charge in [0.1, 0.15) is 0 Å². The molecule has 0 unspecified atom stereocenters. The van der Waals surface area contributed by atoms with Crippen molar-refractivity contribution in [1.29, 1.82) is 0 Å². The monoisotopic (exact) mass is 264 g/mol. The van der Waals surface area contributed by atoms with E-state index in [0.29, 0.717) is 18.0 Å². The first-order valence-corrected chi connectivity index (χ1v) is 6.44. The highest BCUT2D eigenvalue weighted by Crippen LogP contribution is 2.13. The molecule has 0 amide bonds. The second-order valence-electron chi connectivity index (χ2n) is 4.95. The Bertz CT molecular complexity index is 441. The maximum absolute atomic E-state index is 12.1. The van der Waals surface area contributed by atoms with Crippen LogP contribution >= 0.6 is 0 Å². The number of rotatable bonds is 7. The Kier molecular flexibility index (Phi) is 5.63. The number of nitro groups is 1. The van der Waals surface area contributed by atoms with E-state index in [4.69, 9.17) is 0 Å². The summed E-state index contributed by atoms with van der Waals surface area (Å²) in [5.74, 6) is 0.502. The van der Waals surface area contributed by atoms with Gasteiger partial charge in [-0.05, 0) is 24.6 Å². The summed E-state index contributed by atoms with van der Waals surface area (Å²) >= 11 is 0. The lowest BCUT2D eigenvalue weighted by molar-refractivity contribution is -0.384. The lowest BCUT2D eigenvalue weighted by Crippen LogP contribution is -2.32. The topological polar surface area (TPSA) is 63.5 Å². The molecule has 0 bridgehead atoms. The van der Waals surface area contributed by atoms with Crippen LogP contribution in [0.1, 0.15) is 31.1 Å². The molecule has 0 aliphatic carbocycles. The average molecular weight is 264 g/mol. The molecule has 19 heavy (non-hydrogen) atoms. The Morgan fingerprint density at radius 3 is 2.32 bits per heavy atom. The molecule has 1 aromatic rings. The first-order valence-electron chi connectivity index (χ1n) is 6.44. The van der Waals surface area contributed by atoms with Gasteiger partial charge >= 0.3 is 0 Å². The third kappa shape index (κ3) is 4.79. The number of ketones is 1. The van der Waals surface area contributed by atoms with Crippen molar-refractivity contribution in [2.75, 3.05) is 19.6 Å². The number of carbonyl (C=O) groups is 1. The SMILES string of the molecule is CCN(CC(=O)c1ccc([N+](=O)[O-])cc1)CC(C)C. The Labute approximate surface area is 113 Å². The lowest BCUT2D eigenvalue weighted by atomic mass is 10.1. The number of nitro benzene ring substituents is 1. The number of hydrogen-bond donors (Lipinski definition) is 0. The van der Waals surface area contributed by atoms with E-state index in [1.165, 1.54) is 24.3 Å². The smallest absolute Gasteiger partial charge is 0.269 e. The van der Waals surface area contributed by atoms with E-state index in [1.807, 2.05) is 6.92 Å². The third-order valence-corrected chi connectivity index (χ3v) is 2.84. The number of nitrogens with zero attached hydrogens (tertiary/aromatic N) is 2. The van der Waals surface area contributed by atoms with E-state index in [0.717, 1.165) is 13.1 Å². The van der Waals surface area contributed by atoms with Crippen molar-refractivity contribution in [3.63, 3.8) is 0 Å². The fourth-order valence-corrected chi connectivity index (χ4v) is 1.89. The van der Waals surface area contributed by atoms with Gasteiger partial charge in [0.05, 0.1) is 11.5 Å². The van der Waals surface area contributed by atoms with Gasteiger partial charge in [-0.3, -0.25) is 19.8 Å². The van der Waals surface area contributed by atoms with Crippen molar-refractivity contribution >= 4 is 11.5 Å². The van der Waals surface area contributed by atoms with Gasteiger partial charge in [-0.25, -0.2) is 0 Å². The molecule has 0 aromatic heterocycles. The zero-order chi connectivity index (χ0) is 14.4. The minimum atomic E-state index is -0.467. The van der Waals surface area contributed by atoms with Crippen LogP contribution in [0.2, 0.25) is 0 Å². The summed E-state index contributed by atoms with van der Waals surface area (Å²) in [6.07, 6.45) is 0. The summed E-state index contributed by atoms with van der Waals surface area (Å²) in [5.41, 5.74) is 0.527. The molecule has 0 N–H and O–H groups in total. The van der Waals surface area contributed by atoms with Crippen LogP contribution in [0.25, 0.3) is 0 Å².